The summed E-state index contributed by atoms with van der Waals surface area (Å²) in [6.07, 6.45) is -9.89. The second-order valence-corrected chi connectivity index (χ2v) is 13.2. The summed E-state index contributed by atoms with van der Waals surface area (Å²) in [7, 11) is 0. The molecule has 0 aliphatic carbocycles. The van der Waals surface area contributed by atoms with Gasteiger partial charge in [0.25, 0.3) is 0 Å². The van der Waals surface area contributed by atoms with E-state index < -0.39 is 55.4 Å². The summed E-state index contributed by atoms with van der Waals surface area (Å²) >= 11 is 0. The van der Waals surface area contributed by atoms with Gasteiger partial charge in [-0.3, -0.25) is 0 Å². The van der Waals surface area contributed by atoms with Crippen molar-refractivity contribution < 1.29 is 133 Å². The highest BCUT2D eigenvalue weighted by Crippen LogP contribution is 2.60. The van der Waals surface area contributed by atoms with Crippen LogP contribution in [0.15, 0.2) is 0 Å². The largest absolute Gasteiger partial charge is 0.460 e. The van der Waals surface area contributed by atoms with Gasteiger partial charge in [0, 0.05) is 6.42 Å². The molecule has 29 heteroatoms. The lowest BCUT2D eigenvalue weighted by atomic mass is 9.93. The standard InChI is InChI=1S/C38H65F13O16/c39-33(40,34(41,42)35(43,44)36(45,46)37(47,48)38(49,50)51)1-3-53-5-7-55-9-11-57-13-15-59-17-19-61-21-23-63-25-27-65-29-31-67-32-30-66-28-26-64-24-22-62-20-18-60-16-14-58-12-10-56-8-6-54-4-2-52/h52H,1-32H2. The quantitative estimate of drug-likeness (QED) is 0.0677. The molecule has 0 heterocycles. The molecule has 0 saturated heterocycles. The molecule has 0 aliphatic heterocycles. The smallest absolute Gasteiger partial charge is 0.394 e. The van der Waals surface area contributed by atoms with E-state index in [4.69, 9.17) is 71.4 Å². The Hall–Kier alpha value is -1.55. The number of rotatable bonds is 51. The molecule has 0 aliphatic rings. The van der Waals surface area contributed by atoms with Crippen LogP contribution in [-0.2, 0) is 71.1 Å². The van der Waals surface area contributed by atoms with E-state index in [0.717, 1.165) is 0 Å². The Morgan fingerprint density at radius 2 is 0.373 bits per heavy atom. The monoisotopic (exact) mass is 1020 g/mol. The van der Waals surface area contributed by atoms with Crippen LogP contribution in [0.5, 0.6) is 0 Å². The summed E-state index contributed by atoms with van der Waals surface area (Å²) in [5, 5.41) is 8.58. The molecule has 0 unspecified atom stereocenters. The van der Waals surface area contributed by atoms with Crippen molar-refractivity contribution in [3.63, 3.8) is 0 Å². The molecule has 0 aromatic carbocycles. The van der Waals surface area contributed by atoms with Gasteiger partial charge in [0.1, 0.15) is 0 Å². The van der Waals surface area contributed by atoms with Crippen LogP contribution >= 0.6 is 0 Å². The van der Waals surface area contributed by atoms with Gasteiger partial charge >= 0.3 is 35.8 Å². The highest BCUT2D eigenvalue weighted by Gasteiger charge is 2.90. The molecule has 67 heavy (non-hydrogen) atoms. The van der Waals surface area contributed by atoms with Crippen LogP contribution in [-0.4, -0.2) is 246 Å². The number of halogens is 13. The Kier molecular flexibility index (Phi) is 38.2. The van der Waals surface area contributed by atoms with Crippen LogP contribution in [0.2, 0.25) is 0 Å². The normalized spacial score (nSPS) is 13.3. The molecule has 0 aromatic heterocycles. The fraction of sp³-hybridized carbons (Fsp3) is 1.00. The summed E-state index contributed by atoms with van der Waals surface area (Å²) < 4.78 is 249. The zero-order chi connectivity index (χ0) is 50.2. The van der Waals surface area contributed by atoms with Crippen LogP contribution < -0.4 is 0 Å². The predicted octanol–water partition coefficient (Wildman–Crippen LogP) is 4.36. The maximum absolute atomic E-state index is 13.7. The first-order chi connectivity index (χ1) is 31.8. The molecule has 0 aromatic rings. The van der Waals surface area contributed by atoms with Crippen molar-refractivity contribution in [1.82, 2.24) is 0 Å². The topological polar surface area (TPSA) is 159 Å². The fourth-order valence-corrected chi connectivity index (χ4v) is 4.40. The van der Waals surface area contributed by atoms with Gasteiger partial charge in [-0.25, -0.2) is 0 Å². The van der Waals surface area contributed by atoms with E-state index in [2.05, 4.69) is 4.74 Å². The average molecular weight is 1020 g/mol. The summed E-state index contributed by atoms with van der Waals surface area (Å²) in [5.41, 5.74) is 0. The summed E-state index contributed by atoms with van der Waals surface area (Å²) in [4.78, 5) is 0. The van der Waals surface area contributed by atoms with Gasteiger partial charge in [0.2, 0.25) is 0 Å². The lowest BCUT2D eigenvalue weighted by Gasteiger charge is -2.39. The zero-order valence-electron chi connectivity index (χ0n) is 37.1. The fourth-order valence-electron chi connectivity index (χ4n) is 4.40. The van der Waals surface area contributed by atoms with Gasteiger partial charge in [-0.05, 0) is 0 Å². The zero-order valence-corrected chi connectivity index (χ0v) is 37.1. The van der Waals surface area contributed by atoms with E-state index in [0.29, 0.717) is 139 Å². The molecule has 404 valence electrons. The molecule has 0 rings (SSSR count). The van der Waals surface area contributed by atoms with Gasteiger partial charge in [-0.15, -0.1) is 0 Å². The van der Waals surface area contributed by atoms with E-state index in [-0.39, 0.29) is 52.9 Å². The molecule has 1 N–H and O–H groups in total. The van der Waals surface area contributed by atoms with Crippen molar-refractivity contribution in [2.45, 2.75) is 42.2 Å². The third-order valence-corrected chi connectivity index (χ3v) is 8.00. The van der Waals surface area contributed by atoms with Gasteiger partial charge < -0.3 is 76.2 Å². The van der Waals surface area contributed by atoms with Crippen LogP contribution in [0.3, 0.4) is 0 Å². The second kappa shape index (κ2) is 39.1. The molecule has 0 radical (unpaired) electrons. The minimum atomic E-state index is -7.93. The highest BCUT2D eigenvalue weighted by atomic mass is 19.4. The molecule has 0 atom stereocenters. The maximum Gasteiger partial charge on any atom is 0.460 e. The van der Waals surface area contributed by atoms with Crippen LogP contribution in [0.4, 0.5) is 57.1 Å². The van der Waals surface area contributed by atoms with Gasteiger partial charge in [0.05, 0.1) is 205 Å². The van der Waals surface area contributed by atoms with Crippen molar-refractivity contribution in [2.24, 2.45) is 0 Å². The average Bonchev–Trinajstić information content (AvgIpc) is 3.26. The van der Waals surface area contributed by atoms with E-state index in [1.165, 1.54) is 0 Å². The Bertz CT molecular complexity index is 1120. The predicted molar refractivity (Wildman–Crippen MR) is 205 cm³/mol. The number of alkyl halides is 13. The van der Waals surface area contributed by atoms with Crippen molar-refractivity contribution in [3.05, 3.63) is 0 Å². The number of hydrogen-bond acceptors (Lipinski definition) is 16. The van der Waals surface area contributed by atoms with Crippen LogP contribution in [0.1, 0.15) is 6.42 Å². The maximum atomic E-state index is 13.7. The molecule has 0 amide bonds. The SMILES string of the molecule is OCCOCCOCCOCCOCCOCCOCCOCCOCCOCCOCCOCCOCCOCCOCCOCCC(F)(F)C(F)(F)C(F)(F)C(F)(F)C(F)(F)C(F)(F)F. The Morgan fingerprint density at radius 3 is 0.552 bits per heavy atom. The van der Waals surface area contributed by atoms with E-state index >= 15 is 0 Å². The van der Waals surface area contributed by atoms with Gasteiger partial charge in [0.15, 0.2) is 0 Å². The van der Waals surface area contributed by atoms with Crippen molar-refractivity contribution in [3.8, 4) is 0 Å². The van der Waals surface area contributed by atoms with Gasteiger partial charge in [-0.1, -0.05) is 0 Å². The van der Waals surface area contributed by atoms with Crippen LogP contribution in [0.25, 0.3) is 0 Å². The van der Waals surface area contributed by atoms with E-state index in [1.807, 2.05) is 0 Å². The van der Waals surface area contributed by atoms with Crippen LogP contribution in [0, 0.1) is 0 Å². The summed E-state index contributed by atoms with van der Waals surface area (Å²) in [5.74, 6) is -37.0. The Balaban J connectivity index is 3.44. The molecule has 0 fully saturated rings. The highest BCUT2D eigenvalue weighted by molar-refractivity contribution is 5.10. The van der Waals surface area contributed by atoms with E-state index in [1.54, 1.807) is 0 Å². The first-order valence-electron chi connectivity index (χ1n) is 21.0. The van der Waals surface area contributed by atoms with Crippen molar-refractivity contribution in [2.75, 3.05) is 205 Å². The third-order valence-electron chi connectivity index (χ3n) is 8.00. The molecule has 0 saturated carbocycles. The molecular formula is C38H65F13O16. The summed E-state index contributed by atoms with van der Waals surface area (Å²) in [6.45, 7) is 6.92. The minimum Gasteiger partial charge on any atom is -0.394 e. The first-order valence-corrected chi connectivity index (χ1v) is 21.0. The lowest BCUT2D eigenvalue weighted by Crippen LogP contribution is -2.70. The van der Waals surface area contributed by atoms with Crippen molar-refractivity contribution >= 4 is 0 Å². The number of hydrogen-bond donors (Lipinski definition) is 1. The van der Waals surface area contributed by atoms with E-state index in [9.17, 15) is 57.1 Å². The molecule has 0 bridgehead atoms. The molecular weight excluding hydrogens is 959 g/mol. The van der Waals surface area contributed by atoms with Gasteiger partial charge in [-0.2, -0.15) is 57.1 Å². The number of aliphatic hydroxyl groups excluding tert-OH is 1. The lowest BCUT2D eigenvalue weighted by molar-refractivity contribution is -0.440. The first kappa shape index (κ1) is 65.5. The molecule has 0 spiro atoms. The van der Waals surface area contributed by atoms with Crippen molar-refractivity contribution in [1.29, 1.82) is 0 Å². The third kappa shape index (κ3) is 29.4. The summed E-state index contributed by atoms with van der Waals surface area (Å²) in [6, 6.07) is 0. The Labute approximate surface area is 380 Å². The molecule has 16 nitrogen and oxygen atoms in total. The minimum absolute atomic E-state index is 0.00735. The second-order valence-electron chi connectivity index (χ2n) is 13.2. The Morgan fingerprint density at radius 1 is 0.209 bits per heavy atom. The number of ether oxygens (including phenoxy) is 15. The number of aliphatic hydroxyl groups is 1.